The van der Waals surface area contributed by atoms with Crippen LogP contribution in [0.2, 0.25) is 0 Å². The van der Waals surface area contributed by atoms with Crippen molar-refractivity contribution in [1.82, 2.24) is 0 Å². The van der Waals surface area contributed by atoms with Crippen LogP contribution >= 0.6 is 0 Å². The molecule has 0 aliphatic heterocycles. The lowest BCUT2D eigenvalue weighted by molar-refractivity contribution is 0.608. The number of hydrogen-bond acceptors (Lipinski definition) is 0. The standard InChI is InChI=1S/C11H22.C2H6/c1-5-6-7-8-11(4)9-10(2)3;1-2/h10H,4-9H2,1-3H3;1-2H3. The molecular formula is C13H28. The van der Waals surface area contributed by atoms with E-state index in [1.165, 1.54) is 37.7 Å². The lowest BCUT2D eigenvalue weighted by Gasteiger charge is -2.07. The Hall–Kier alpha value is -0.260. The summed E-state index contributed by atoms with van der Waals surface area (Å²) in [7, 11) is 0. The quantitative estimate of drug-likeness (QED) is 0.393. The molecule has 0 spiro atoms. The molecule has 0 nitrogen and oxygen atoms in total. The minimum atomic E-state index is 0.782. The van der Waals surface area contributed by atoms with E-state index in [1.54, 1.807) is 0 Å². The van der Waals surface area contributed by atoms with Crippen molar-refractivity contribution in [3.8, 4) is 0 Å². The maximum absolute atomic E-state index is 4.07. The predicted molar refractivity (Wildman–Crippen MR) is 64.1 cm³/mol. The van der Waals surface area contributed by atoms with Crippen LogP contribution in [0, 0.1) is 5.92 Å². The lowest BCUT2D eigenvalue weighted by Crippen LogP contribution is -1.90. The van der Waals surface area contributed by atoms with Gasteiger partial charge in [0.15, 0.2) is 0 Å². The summed E-state index contributed by atoms with van der Waals surface area (Å²) in [5.74, 6) is 0.782. The normalized spacial score (nSPS) is 9.38. The second-order valence-corrected chi connectivity index (χ2v) is 3.81. The SMILES string of the molecule is C=C(CCCCC)CC(C)C.CC. The van der Waals surface area contributed by atoms with E-state index in [9.17, 15) is 0 Å². The molecule has 0 heteroatoms. The molecule has 0 aromatic rings. The van der Waals surface area contributed by atoms with Crippen LogP contribution in [-0.2, 0) is 0 Å². The van der Waals surface area contributed by atoms with Gasteiger partial charge in [0.2, 0.25) is 0 Å². The molecule has 13 heavy (non-hydrogen) atoms. The van der Waals surface area contributed by atoms with Crippen LogP contribution in [0.1, 0.15) is 66.7 Å². The molecule has 0 unspecified atom stereocenters. The topological polar surface area (TPSA) is 0 Å². The van der Waals surface area contributed by atoms with Gasteiger partial charge in [0.05, 0.1) is 0 Å². The van der Waals surface area contributed by atoms with E-state index < -0.39 is 0 Å². The van der Waals surface area contributed by atoms with Crippen LogP contribution in [0.25, 0.3) is 0 Å². The van der Waals surface area contributed by atoms with Crippen molar-refractivity contribution >= 4 is 0 Å². The van der Waals surface area contributed by atoms with Gasteiger partial charge in [-0.3, -0.25) is 0 Å². The zero-order valence-electron chi connectivity index (χ0n) is 10.3. The summed E-state index contributed by atoms with van der Waals surface area (Å²) in [5, 5.41) is 0. The van der Waals surface area contributed by atoms with Gasteiger partial charge >= 0.3 is 0 Å². The molecule has 0 aromatic heterocycles. The Morgan fingerprint density at radius 1 is 1.15 bits per heavy atom. The summed E-state index contributed by atoms with van der Waals surface area (Å²) in [6.07, 6.45) is 6.46. The summed E-state index contributed by atoms with van der Waals surface area (Å²) < 4.78 is 0. The van der Waals surface area contributed by atoms with Crippen LogP contribution in [-0.4, -0.2) is 0 Å². The Morgan fingerprint density at radius 2 is 1.69 bits per heavy atom. The van der Waals surface area contributed by atoms with E-state index in [0.717, 1.165) is 5.92 Å². The first-order chi connectivity index (χ1) is 6.16. The second kappa shape index (κ2) is 11.7. The van der Waals surface area contributed by atoms with E-state index in [-0.39, 0.29) is 0 Å². The third kappa shape index (κ3) is 14.6. The molecule has 0 N–H and O–H groups in total. The molecular weight excluding hydrogens is 156 g/mol. The highest BCUT2D eigenvalue weighted by Gasteiger charge is 1.97. The number of allylic oxidation sites excluding steroid dienone is 1. The van der Waals surface area contributed by atoms with E-state index in [2.05, 4.69) is 27.4 Å². The van der Waals surface area contributed by atoms with Crippen LogP contribution in [0.15, 0.2) is 12.2 Å². The molecule has 0 bridgehead atoms. The lowest BCUT2D eigenvalue weighted by atomic mass is 10.00. The fraction of sp³-hybridized carbons (Fsp3) is 0.846. The van der Waals surface area contributed by atoms with Gasteiger partial charge in [0.1, 0.15) is 0 Å². The maximum atomic E-state index is 4.07. The third-order valence-corrected chi connectivity index (χ3v) is 1.83. The maximum Gasteiger partial charge on any atom is -0.0300 e. The predicted octanol–water partition coefficient (Wildman–Crippen LogP) is 5.20. The van der Waals surface area contributed by atoms with E-state index in [4.69, 9.17) is 0 Å². The monoisotopic (exact) mass is 184 g/mol. The Morgan fingerprint density at radius 3 is 2.08 bits per heavy atom. The Labute approximate surface area is 85.4 Å². The van der Waals surface area contributed by atoms with Crippen molar-refractivity contribution in [3.05, 3.63) is 12.2 Å². The summed E-state index contributed by atoms with van der Waals surface area (Å²) in [6, 6.07) is 0. The van der Waals surface area contributed by atoms with E-state index >= 15 is 0 Å². The van der Waals surface area contributed by atoms with Gasteiger partial charge < -0.3 is 0 Å². The molecule has 0 amide bonds. The number of hydrogen-bond donors (Lipinski definition) is 0. The molecule has 0 saturated heterocycles. The Bertz CT molecular complexity index is 101. The third-order valence-electron chi connectivity index (χ3n) is 1.83. The molecule has 0 heterocycles. The highest BCUT2D eigenvalue weighted by molar-refractivity contribution is 4.94. The number of unbranched alkanes of at least 4 members (excludes halogenated alkanes) is 2. The van der Waals surface area contributed by atoms with Crippen LogP contribution < -0.4 is 0 Å². The molecule has 0 saturated carbocycles. The highest BCUT2D eigenvalue weighted by Crippen LogP contribution is 2.15. The summed E-state index contributed by atoms with van der Waals surface area (Å²) >= 11 is 0. The molecule has 80 valence electrons. The molecule has 0 atom stereocenters. The molecule has 0 aliphatic carbocycles. The average Bonchev–Trinajstić information content (AvgIpc) is 2.07. The minimum Gasteiger partial charge on any atom is -0.0999 e. The zero-order chi connectivity index (χ0) is 10.7. The average molecular weight is 184 g/mol. The van der Waals surface area contributed by atoms with Crippen LogP contribution in [0.4, 0.5) is 0 Å². The summed E-state index contributed by atoms with van der Waals surface area (Å²) in [5.41, 5.74) is 1.44. The fourth-order valence-electron chi connectivity index (χ4n) is 1.30. The second-order valence-electron chi connectivity index (χ2n) is 3.81. The van der Waals surface area contributed by atoms with Crippen LogP contribution in [0.5, 0.6) is 0 Å². The van der Waals surface area contributed by atoms with Crippen molar-refractivity contribution in [2.45, 2.75) is 66.7 Å². The molecule has 0 rings (SSSR count). The first kappa shape index (κ1) is 15.2. The van der Waals surface area contributed by atoms with Gasteiger partial charge in [0, 0.05) is 0 Å². The van der Waals surface area contributed by atoms with Crippen molar-refractivity contribution < 1.29 is 0 Å². The first-order valence-corrected chi connectivity index (χ1v) is 5.83. The minimum absolute atomic E-state index is 0.782. The van der Waals surface area contributed by atoms with Crippen LogP contribution in [0.3, 0.4) is 0 Å². The van der Waals surface area contributed by atoms with Gasteiger partial charge in [-0.05, 0) is 25.2 Å². The van der Waals surface area contributed by atoms with Gasteiger partial charge in [-0.2, -0.15) is 0 Å². The van der Waals surface area contributed by atoms with Gasteiger partial charge in [-0.25, -0.2) is 0 Å². The largest absolute Gasteiger partial charge is 0.0999 e. The highest BCUT2D eigenvalue weighted by atomic mass is 14.0. The van der Waals surface area contributed by atoms with Crippen molar-refractivity contribution in [3.63, 3.8) is 0 Å². The smallest absolute Gasteiger partial charge is 0.0300 e. The zero-order valence-corrected chi connectivity index (χ0v) is 10.3. The Balaban J connectivity index is 0. The van der Waals surface area contributed by atoms with Gasteiger partial charge in [0.25, 0.3) is 0 Å². The summed E-state index contributed by atoms with van der Waals surface area (Å²) in [4.78, 5) is 0. The van der Waals surface area contributed by atoms with Crippen molar-refractivity contribution in [2.24, 2.45) is 5.92 Å². The fourth-order valence-corrected chi connectivity index (χ4v) is 1.30. The van der Waals surface area contributed by atoms with E-state index in [1.807, 2.05) is 13.8 Å². The van der Waals surface area contributed by atoms with E-state index in [0.29, 0.717) is 0 Å². The summed E-state index contributed by atoms with van der Waals surface area (Å²) in [6.45, 7) is 14.8. The van der Waals surface area contributed by atoms with Gasteiger partial charge in [-0.1, -0.05) is 59.6 Å². The molecule has 0 aromatic carbocycles. The van der Waals surface area contributed by atoms with Crippen molar-refractivity contribution in [1.29, 1.82) is 0 Å². The molecule has 0 aliphatic rings. The van der Waals surface area contributed by atoms with Crippen molar-refractivity contribution in [2.75, 3.05) is 0 Å². The molecule has 0 fully saturated rings. The molecule has 0 radical (unpaired) electrons. The number of rotatable bonds is 6. The van der Waals surface area contributed by atoms with Gasteiger partial charge in [-0.15, -0.1) is 0 Å². The Kier molecular flexibility index (Phi) is 13.7. The first-order valence-electron chi connectivity index (χ1n) is 5.83.